The molecule has 6 nitrogen and oxygen atoms in total. The van der Waals surface area contributed by atoms with E-state index in [4.69, 9.17) is 11.6 Å². The highest BCUT2D eigenvalue weighted by atomic mass is 35.5. The third-order valence-electron chi connectivity index (χ3n) is 3.94. The average Bonchev–Trinajstić information content (AvgIpc) is 2.61. The van der Waals surface area contributed by atoms with Crippen LogP contribution in [0.3, 0.4) is 0 Å². The average molecular weight is 388 g/mol. The van der Waals surface area contributed by atoms with Gasteiger partial charge in [-0.05, 0) is 47.7 Å². The zero-order valence-corrected chi connectivity index (χ0v) is 16.4. The van der Waals surface area contributed by atoms with Gasteiger partial charge in [-0.3, -0.25) is 25.2 Å². The molecule has 27 heavy (non-hydrogen) atoms. The maximum atomic E-state index is 12.1. The zero-order chi connectivity index (χ0) is 20.2. The lowest BCUT2D eigenvalue weighted by atomic mass is 9.87. The van der Waals surface area contributed by atoms with E-state index in [1.807, 2.05) is 19.1 Å². The van der Waals surface area contributed by atoms with Gasteiger partial charge in [0.2, 0.25) is 0 Å². The molecule has 0 atom stereocenters. The van der Waals surface area contributed by atoms with Crippen molar-refractivity contribution < 1.29 is 14.4 Å². The van der Waals surface area contributed by atoms with E-state index >= 15 is 0 Å². The quantitative estimate of drug-likeness (QED) is 0.545. The molecule has 3 amide bonds. The van der Waals surface area contributed by atoms with E-state index in [2.05, 4.69) is 36.9 Å². The molecule has 2 aromatic rings. The number of hydrazine groups is 1. The minimum Gasteiger partial charge on any atom is -0.318 e. The molecule has 0 aliphatic rings. The predicted molar refractivity (Wildman–Crippen MR) is 106 cm³/mol. The molecule has 0 unspecified atom stereocenters. The summed E-state index contributed by atoms with van der Waals surface area (Å²) in [7, 11) is 0. The van der Waals surface area contributed by atoms with Crippen LogP contribution in [0.4, 0.5) is 5.69 Å². The number of carbonyl (C=O) groups excluding carboxylic acids is 3. The van der Waals surface area contributed by atoms with E-state index in [0.29, 0.717) is 16.3 Å². The van der Waals surface area contributed by atoms with Crippen LogP contribution in [0.25, 0.3) is 0 Å². The van der Waals surface area contributed by atoms with Gasteiger partial charge in [-0.1, -0.05) is 50.6 Å². The summed E-state index contributed by atoms with van der Waals surface area (Å²) >= 11 is 5.98. The number of carbonyl (C=O) groups is 3. The van der Waals surface area contributed by atoms with Crippen molar-refractivity contribution in [3.8, 4) is 0 Å². The first-order chi connectivity index (χ1) is 12.6. The molecular formula is C20H22ClN3O3. The Morgan fingerprint density at radius 1 is 0.889 bits per heavy atom. The first-order valence-corrected chi connectivity index (χ1v) is 8.74. The van der Waals surface area contributed by atoms with Crippen molar-refractivity contribution in [1.29, 1.82) is 0 Å². The zero-order valence-electron chi connectivity index (χ0n) is 15.6. The molecule has 0 aliphatic carbocycles. The first-order valence-electron chi connectivity index (χ1n) is 8.36. The van der Waals surface area contributed by atoms with E-state index < -0.39 is 17.7 Å². The minimum absolute atomic E-state index is 0.0276. The Kier molecular flexibility index (Phi) is 6.23. The molecule has 142 valence electrons. The van der Waals surface area contributed by atoms with Gasteiger partial charge in [-0.25, -0.2) is 0 Å². The number of hydrogen-bond acceptors (Lipinski definition) is 3. The van der Waals surface area contributed by atoms with Gasteiger partial charge in [0.15, 0.2) is 0 Å². The number of anilines is 1. The van der Waals surface area contributed by atoms with Crippen molar-refractivity contribution in [3.05, 3.63) is 64.2 Å². The normalized spacial score (nSPS) is 10.9. The highest BCUT2D eigenvalue weighted by Crippen LogP contribution is 2.22. The summed E-state index contributed by atoms with van der Waals surface area (Å²) in [5.41, 5.74) is 6.97. The summed E-state index contributed by atoms with van der Waals surface area (Å²) in [5.74, 6) is -2.43. The van der Waals surface area contributed by atoms with Crippen LogP contribution < -0.4 is 16.2 Å². The summed E-state index contributed by atoms with van der Waals surface area (Å²) in [5, 5.41) is 2.88. The summed E-state index contributed by atoms with van der Waals surface area (Å²) < 4.78 is 0. The summed E-state index contributed by atoms with van der Waals surface area (Å²) in [6, 6.07) is 11.9. The molecule has 7 heteroatoms. The predicted octanol–water partition coefficient (Wildman–Crippen LogP) is 3.35. The van der Waals surface area contributed by atoms with Gasteiger partial charge in [0.25, 0.3) is 5.91 Å². The van der Waals surface area contributed by atoms with Crippen LogP contribution in [-0.2, 0) is 15.0 Å². The molecule has 2 aromatic carbocycles. The van der Waals surface area contributed by atoms with E-state index in [1.54, 1.807) is 24.3 Å². The fraction of sp³-hybridized carbons (Fsp3) is 0.250. The number of nitrogens with one attached hydrogen (secondary N) is 3. The maximum absolute atomic E-state index is 12.1. The van der Waals surface area contributed by atoms with Crippen molar-refractivity contribution in [1.82, 2.24) is 10.9 Å². The fourth-order valence-corrected chi connectivity index (χ4v) is 2.40. The SMILES string of the molecule is Cc1ccc(NC(=O)C(=O)NNC(=O)c2ccc(C(C)(C)C)cc2)cc1Cl. The Labute approximate surface area is 163 Å². The van der Waals surface area contributed by atoms with Crippen molar-refractivity contribution in [3.63, 3.8) is 0 Å². The molecule has 0 saturated heterocycles. The number of benzene rings is 2. The van der Waals surface area contributed by atoms with Crippen molar-refractivity contribution in [2.24, 2.45) is 0 Å². The molecular weight excluding hydrogens is 366 g/mol. The Bertz CT molecular complexity index is 871. The smallest absolute Gasteiger partial charge is 0.318 e. The van der Waals surface area contributed by atoms with Crippen LogP contribution in [0.1, 0.15) is 42.3 Å². The van der Waals surface area contributed by atoms with Crippen LogP contribution in [0, 0.1) is 6.92 Å². The standard InChI is InChI=1S/C20H22ClN3O3/c1-12-5-10-15(11-16(12)21)22-18(26)19(27)24-23-17(25)13-6-8-14(9-7-13)20(2,3)4/h5-11H,1-4H3,(H,22,26)(H,23,25)(H,24,27). The lowest BCUT2D eigenvalue weighted by molar-refractivity contribution is -0.136. The highest BCUT2D eigenvalue weighted by Gasteiger charge is 2.17. The van der Waals surface area contributed by atoms with E-state index in [-0.39, 0.29) is 5.41 Å². The second-order valence-corrected chi connectivity index (χ2v) is 7.56. The van der Waals surface area contributed by atoms with Gasteiger partial charge in [0, 0.05) is 16.3 Å². The summed E-state index contributed by atoms with van der Waals surface area (Å²) in [6.45, 7) is 8.04. The van der Waals surface area contributed by atoms with Gasteiger partial charge in [0.05, 0.1) is 0 Å². The Hall–Kier alpha value is -2.86. The number of hydrogen-bond donors (Lipinski definition) is 3. The topological polar surface area (TPSA) is 87.3 Å². The summed E-state index contributed by atoms with van der Waals surface area (Å²) in [6.07, 6.45) is 0. The molecule has 0 saturated carbocycles. The molecule has 0 radical (unpaired) electrons. The Balaban J connectivity index is 1.91. The maximum Gasteiger partial charge on any atom is 0.328 e. The van der Waals surface area contributed by atoms with Gasteiger partial charge in [0.1, 0.15) is 0 Å². The molecule has 0 aromatic heterocycles. The third kappa shape index (κ3) is 5.56. The number of rotatable bonds is 2. The third-order valence-corrected chi connectivity index (χ3v) is 4.35. The minimum atomic E-state index is -0.994. The monoisotopic (exact) mass is 387 g/mol. The fourth-order valence-electron chi connectivity index (χ4n) is 2.22. The molecule has 0 spiro atoms. The molecule has 0 aliphatic heterocycles. The van der Waals surface area contributed by atoms with Gasteiger partial charge >= 0.3 is 11.8 Å². The number of amides is 3. The highest BCUT2D eigenvalue weighted by molar-refractivity contribution is 6.40. The van der Waals surface area contributed by atoms with Crippen molar-refractivity contribution >= 4 is 35.0 Å². The van der Waals surface area contributed by atoms with Crippen molar-refractivity contribution in [2.75, 3.05) is 5.32 Å². The van der Waals surface area contributed by atoms with Crippen molar-refractivity contribution in [2.45, 2.75) is 33.1 Å². The van der Waals surface area contributed by atoms with Crippen LogP contribution in [0.2, 0.25) is 5.02 Å². The van der Waals surface area contributed by atoms with E-state index in [0.717, 1.165) is 11.1 Å². The largest absolute Gasteiger partial charge is 0.328 e. The molecule has 3 N–H and O–H groups in total. The number of halogens is 1. The van der Waals surface area contributed by atoms with Gasteiger partial charge in [-0.2, -0.15) is 0 Å². The molecule has 0 fully saturated rings. The second-order valence-electron chi connectivity index (χ2n) is 7.15. The first kappa shape index (κ1) is 20.5. The molecule has 0 heterocycles. The molecule has 0 bridgehead atoms. The Morgan fingerprint density at radius 2 is 1.52 bits per heavy atom. The second kappa shape index (κ2) is 8.22. The van der Waals surface area contributed by atoms with Crippen LogP contribution in [0.5, 0.6) is 0 Å². The van der Waals surface area contributed by atoms with Crippen LogP contribution in [0.15, 0.2) is 42.5 Å². The van der Waals surface area contributed by atoms with Crippen LogP contribution >= 0.6 is 11.6 Å². The van der Waals surface area contributed by atoms with Crippen LogP contribution in [-0.4, -0.2) is 17.7 Å². The lowest BCUT2D eigenvalue weighted by Crippen LogP contribution is -2.46. The number of aryl methyl sites for hydroxylation is 1. The molecule has 2 rings (SSSR count). The summed E-state index contributed by atoms with van der Waals surface area (Å²) in [4.78, 5) is 35.8. The van der Waals surface area contributed by atoms with E-state index in [1.165, 1.54) is 6.07 Å². The van der Waals surface area contributed by atoms with Gasteiger partial charge in [-0.15, -0.1) is 0 Å². The van der Waals surface area contributed by atoms with Gasteiger partial charge < -0.3 is 5.32 Å². The van der Waals surface area contributed by atoms with E-state index in [9.17, 15) is 14.4 Å². The Morgan fingerprint density at radius 3 is 2.07 bits per heavy atom. The lowest BCUT2D eigenvalue weighted by Gasteiger charge is -2.19.